The highest BCUT2D eigenvalue weighted by atomic mass is 16.4. The summed E-state index contributed by atoms with van der Waals surface area (Å²) in [6.07, 6.45) is 0.392. The van der Waals surface area contributed by atoms with Gasteiger partial charge in [0.2, 0.25) is 5.91 Å². The van der Waals surface area contributed by atoms with Crippen LogP contribution in [0, 0.1) is 12.8 Å². The average Bonchev–Trinajstić information content (AvgIpc) is 2.70. The molecule has 1 unspecified atom stereocenters. The third kappa shape index (κ3) is 2.22. The van der Waals surface area contributed by atoms with Crippen LogP contribution in [0.5, 0.6) is 0 Å². The average molecular weight is 248 g/mol. The fourth-order valence-electron chi connectivity index (χ4n) is 2.22. The number of aryl methyl sites for hydroxylation is 1. The lowest BCUT2D eigenvalue weighted by atomic mass is 10.1. The summed E-state index contributed by atoms with van der Waals surface area (Å²) in [6, 6.07) is 5.00. The molecular weight excluding hydrogens is 232 g/mol. The van der Waals surface area contributed by atoms with Crippen LogP contribution in [-0.2, 0) is 4.79 Å². The van der Waals surface area contributed by atoms with Gasteiger partial charge in [-0.2, -0.15) is 0 Å². The van der Waals surface area contributed by atoms with Gasteiger partial charge in [-0.15, -0.1) is 0 Å². The number of benzene rings is 1. The number of carboxylic acids is 1. The summed E-state index contributed by atoms with van der Waals surface area (Å²) in [4.78, 5) is 24.6. The van der Waals surface area contributed by atoms with Gasteiger partial charge in [0, 0.05) is 13.0 Å². The number of nitrogens with two attached hydrogens (primary N) is 1. The molecule has 0 saturated carbocycles. The zero-order chi connectivity index (χ0) is 13.3. The van der Waals surface area contributed by atoms with Gasteiger partial charge in [0.1, 0.15) is 0 Å². The van der Waals surface area contributed by atoms with E-state index in [1.54, 1.807) is 12.1 Å². The number of anilines is 1. The molecule has 0 aromatic heterocycles. The molecule has 0 aliphatic carbocycles. The fourth-order valence-corrected chi connectivity index (χ4v) is 2.22. The van der Waals surface area contributed by atoms with E-state index in [2.05, 4.69) is 0 Å². The Morgan fingerprint density at radius 3 is 2.83 bits per heavy atom. The lowest BCUT2D eigenvalue weighted by molar-refractivity contribution is -0.117. The van der Waals surface area contributed by atoms with Crippen molar-refractivity contribution in [1.82, 2.24) is 0 Å². The summed E-state index contributed by atoms with van der Waals surface area (Å²) < 4.78 is 0. The second kappa shape index (κ2) is 4.78. The summed E-state index contributed by atoms with van der Waals surface area (Å²) in [5.41, 5.74) is 7.13. The van der Waals surface area contributed by atoms with Gasteiger partial charge in [-0.05, 0) is 37.1 Å². The highest BCUT2D eigenvalue weighted by molar-refractivity contribution is 6.03. The smallest absolute Gasteiger partial charge is 0.337 e. The van der Waals surface area contributed by atoms with E-state index in [4.69, 9.17) is 10.8 Å². The van der Waals surface area contributed by atoms with Crippen molar-refractivity contribution in [3.63, 3.8) is 0 Å². The highest BCUT2D eigenvalue weighted by Crippen LogP contribution is 2.28. The second-order valence-electron chi connectivity index (χ2n) is 4.64. The monoisotopic (exact) mass is 248 g/mol. The van der Waals surface area contributed by atoms with Gasteiger partial charge >= 0.3 is 5.97 Å². The van der Waals surface area contributed by atoms with Crippen molar-refractivity contribution in [3.05, 3.63) is 29.3 Å². The van der Waals surface area contributed by atoms with Crippen molar-refractivity contribution in [3.8, 4) is 0 Å². The molecule has 1 heterocycles. The molecule has 18 heavy (non-hydrogen) atoms. The quantitative estimate of drug-likeness (QED) is 0.836. The Balaban J connectivity index is 2.41. The first-order valence-corrected chi connectivity index (χ1v) is 5.87. The Morgan fingerprint density at radius 2 is 2.28 bits per heavy atom. The van der Waals surface area contributed by atoms with Crippen LogP contribution < -0.4 is 10.6 Å². The predicted molar refractivity (Wildman–Crippen MR) is 67.7 cm³/mol. The van der Waals surface area contributed by atoms with E-state index in [1.165, 1.54) is 11.0 Å². The molecule has 5 heteroatoms. The topological polar surface area (TPSA) is 83.6 Å². The summed E-state index contributed by atoms with van der Waals surface area (Å²) in [5, 5.41) is 9.16. The largest absolute Gasteiger partial charge is 0.478 e. The number of rotatable bonds is 3. The predicted octanol–water partition coefficient (Wildman–Crippen LogP) is 1.00. The molecule has 1 aliphatic rings. The molecule has 2 rings (SSSR count). The van der Waals surface area contributed by atoms with Crippen LogP contribution >= 0.6 is 0 Å². The third-order valence-corrected chi connectivity index (χ3v) is 3.21. The molecule has 0 radical (unpaired) electrons. The number of aromatic carboxylic acids is 1. The summed E-state index contributed by atoms with van der Waals surface area (Å²) >= 11 is 0. The van der Waals surface area contributed by atoms with Gasteiger partial charge < -0.3 is 15.7 Å². The van der Waals surface area contributed by atoms with E-state index in [0.29, 0.717) is 25.2 Å². The number of hydrogen-bond donors (Lipinski definition) is 2. The van der Waals surface area contributed by atoms with Crippen LogP contribution in [0.4, 0.5) is 5.69 Å². The molecule has 1 aliphatic heterocycles. The van der Waals surface area contributed by atoms with E-state index in [-0.39, 0.29) is 17.4 Å². The minimum absolute atomic E-state index is 0.0569. The number of carbonyl (C=O) groups is 2. The number of hydrogen-bond acceptors (Lipinski definition) is 3. The Hall–Kier alpha value is -1.88. The maximum atomic E-state index is 11.9. The van der Waals surface area contributed by atoms with E-state index in [0.717, 1.165) is 5.56 Å². The molecule has 3 N–H and O–H groups in total. The zero-order valence-corrected chi connectivity index (χ0v) is 10.2. The first-order chi connectivity index (χ1) is 8.52. The number of amides is 1. The molecule has 1 amide bonds. The Labute approximate surface area is 105 Å². The van der Waals surface area contributed by atoms with Crippen molar-refractivity contribution in [2.75, 3.05) is 18.0 Å². The van der Waals surface area contributed by atoms with Crippen molar-refractivity contribution in [2.24, 2.45) is 11.7 Å². The number of carboxylic acid groups (broad SMARTS) is 1. The highest BCUT2D eigenvalue weighted by Gasteiger charge is 2.31. The van der Waals surface area contributed by atoms with Crippen LogP contribution in [0.25, 0.3) is 0 Å². The van der Waals surface area contributed by atoms with Gasteiger partial charge in [0.05, 0.1) is 11.3 Å². The van der Waals surface area contributed by atoms with E-state index < -0.39 is 5.97 Å². The van der Waals surface area contributed by atoms with E-state index in [9.17, 15) is 9.59 Å². The normalized spacial score (nSPS) is 19.3. The van der Waals surface area contributed by atoms with Crippen molar-refractivity contribution >= 4 is 17.6 Å². The van der Waals surface area contributed by atoms with Crippen LogP contribution in [0.15, 0.2) is 18.2 Å². The Bertz CT molecular complexity index is 499. The summed E-state index contributed by atoms with van der Waals surface area (Å²) in [6.45, 7) is 2.81. The summed E-state index contributed by atoms with van der Waals surface area (Å²) in [5.74, 6) is -0.966. The standard InChI is InChI=1S/C13H16N2O3/c1-8-2-3-10(13(17)18)11(4-8)15-7-9(6-14)5-12(15)16/h2-4,9H,5-7,14H2,1H3,(H,17,18). The van der Waals surface area contributed by atoms with E-state index in [1.807, 2.05) is 6.92 Å². The minimum atomic E-state index is -1.02. The lowest BCUT2D eigenvalue weighted by Crippen LogP contribution is -2.27. The lowest BCUT2D eigenvalue weighted by Gasteiger charge is -2.19. The molecule has 1 saturated heterocycles. The van der Waals surface area contributed by atoms with Crippen LogP contribution in [-0.4, -0.2) is 30.1 Å². The van der Waals surface area contributed by atoms with Crippen LogP contribution in [0.2, 0.25) is 0 Å². The Kier molecular flexibility index (Phi) is 3.34. The summed E-state index contributed by atoms with van der Waals surface area (Å²) in [7, 11) is 0. The molecule has 1 aromatic carbocycles. The first kappa shape index (κ1) is 12.6. The maximum absolute atomic E-state index is 11.9. The van der Waals surface area contributed by atoms with Gasteiger partial charge in [-0.25, -0.2) is 4.79 Å². The molecule has 1 aromatic rings. The molecule has 0 bridgehead atoms. The van der Waals surface area contributed by atoms with Crippen molar-refractivity contribution in [1.29, 1.82) is 0 Å². The molecular formula is C13H16N2O3. The SMILES string of the molecule is Cc1ccc(C(=O)O)c(N2CC(CN)CC2=O)c1. The van der Waals surface area contributed by atoms with Crippen molar-refractivity contribution < 1.29 is 14.7 Å². The number of carbonyl (C=O) groups excluding carboxylic acids is 1. The number of nitrogens with zero attached hydrogens (tertiary/aromatic N) is 1. The third-order valence-electron chi connectivity index (χ3n) is 3.21. The second-order valence-corrected chi connectivity index (χ2v) is 4.64. The molecule has 96 valence electrons. The zero-order valence-electron chi connectivity index (χ0n) is 10.2. The van der Waals surface area contributed by atoms with Gasteiger partial charge in [-0.3, -0.25) is 4.79 Å². The minimum Gasteiger partial charge on any atom is -0.478 e. The fraction of sp³-hybridized carbons (Fsp3) is 0.385. The van der Waals surface area contributed by atoms with Crippen LogP contribution in [0.1, 0.15) is 22.3 Å². The Morgan fingerprint density at radius 1 is 1.56 bits per heavy atom. The van der Waals surface area contributed by atoms with Gasteiger partial charge in [-0.1, -0.05) is 6.07 Å². The van der Waals surface area contributed by atoms with Gasteiger partial charge in [0.15, 0.2) is 0 Å². The van der Waals surface area contributed by atoms with E-state index >= 15 is 0 Å². The van der Waals surface area contributed by atoms with Crippen LogP contribution in [0.3, 0.4) is 0 Å². The van der Waals surface area contributed by atoms with Crippen molar-refractivity contribution in [2.45, 2.75) is 13.3 Å². The van der Waals surface area contributed by atoms with Gasteiger partial charge in [0.25, 0.3) is 0 Å². The maximum Gasteiger partial charge on any atom is 0.337 e. The molecule has 0 spiro atoms. The molecule has 5 nitrogen and oxygen atoms in total. The molecule has 1 fully saturated rings. The first-order valence-electron chi connectivity index (χ1n) is 5.87. The molecule has 1 atom stereocenters.